The van der Waals surface area contributed by atoms with Crippen molar-refractivity contribution in [3.05, 3.63) is 22.2 Å². The fraction of sp³-hybridized carbons (Fsp3) is 0.455. The molecule has 3 N–H and O–H groups in total. The summed E-state index contributed by atoms with van der Waals surface area (Å²) in [6, 6.07) is 2.93. The smallest absolute Gasteiger partial charge is 0.172 e. The zero-order valence-electron chi connectivity index (χ0n) is 9.45. The Morgan fingerprint density at radius 1 is 1.53 bits per heavy atom. The SMILES string of the molecule is CCOc1cc([C@@H](N)CCF)cc(Br)c1O.Cl. The number of hydrogen-bond acceptors (Lipinski definition) is 3. The van der Waals surface area contributed by atoms with Gasteiger partial charge in [-0.1, -0.05) is 0 Å². The molecule has 0 aliphatic carbocycles. The predicted molar refractivity (Wildman–Crippen MR) is 71.7 cm³/mol. The quantitative estimate of drug-likeness (QED) is 0.871. The molecule has 0 saturated carbocycles. The molecule has 0 fully saturated rings. The number of phenols is 1. The maximum Gasteiger partial charge on any atom is 0.172 e. The van der Waals surface area contributed by atoms with Crippen LogP contribution in [-0.4, -0.2) is 18.4 Å². The topological polar surface area (TPSA) is 55.5 Å². The molecule has 0 amide bonds. The minimum Gasteiger partial charge on any atom is -0.503 e. The maximum atomic E-state index is 12.2. The number of nitrogens with two attached hydrogens (primary N) is 1. The molecule has 17 heavy (non-hydrogen) atoms. The van der Waals surface area contributed by atoms with Crippen molar-refractivity contribution in [2.45, 2.75) is 19.4 Å². The largest absolute Gasteiger partial charge is 0.503 e. The van der Waals surface area contributed by atoms with Crippen molar-refractivity contribution in [1.29, 1.82) is 0 Å². The highest BCUT2D eigenvalue weighted by atomic mass is 79.9. The van der Waals surface area contributed by atoms with Crippen LogP contribution in [0.3, 0.4) is 0 Å². The lowest BCUT2D eigenvalue weighted by molar-refractivity contribution is 0.316. The molecule has 6 heteroatoms. The van der Waals surface area contributed by atoms with Crippen molar-refractivity contribution in [2.75, 3.05) is 13.3 Å². The first-order chi connectivity index (χ1) is 7.60. The van der Waals surface area contributed by atoms with Crippen molar-refractivity contribution < 1.29 is 14.2 Å². The first-order valence-corrected chi connectivity index (χ1v) is 5.86. The van der Waals surface area contributed by atoms with Gasteiger partial charge in [-0.15, -0.1) is 12.4 Å². The van der Waals surface area contributed by atoms with E-state index in [-0.39, 0.29) is 30.6 Å². The molecule has 0 aliphatic heterocycles. The second-order valence-corrected chi connectivity index (χ2v) is 4.22. The number of halogens is 3. The molecule has 3 nitrogen and oxygen atoms in total. The molecule has 1 aromatic rings. The van der Waals surface area contributed by atoms with Gasteiger partial charge in [0.1, 0.15) is 0 Å². The van der Waals surface area contributed by atoms with Gasteiger partial charge in [-0.25, -0.2) is 0 Å². The average Bonchev–Trinajstić information content (AvgIpc) is 2.25. The van der Waals surface area contributed by atoms with E-state index in [0.717, 1.165) is 5.56 Å². The molecule has 1 rings (SSSR count). The standard InChI is InChI=1S/C11H15BrFNO2.ClH/c1-2-16-10-6-7(9(14)3-4-13)5-8(12)11(10)15;/h5-6,9,15H,2-4,14H2,1H3;1H/t9-;/m0./s1. The van der Waals surface area contributed by atoms with Crippen molar-refractivity contribution in [3.63, 3.8) is 0 Å². The zero-order chi connectivity index (χ0) is 12.1. The van der Waals surface area contributed by atoms with Gasteiger partial charge in [-0.3, -0.25) is 4.39 Å². The van der Waals surface area contributed by atoms with Gasteiger partial charge in [-0.05, 0) is 47.0 Å². The summed E-state index contributed by atoms with van der Waals surface area (Å²) >= 11 is 3.21. The second kappa shape index (κ2) is 7.74. The van der Waals surface area contributed by atoms with Gasteiger partial charge in [0.25, 0.3) is 0 Å². The molecule has 0 aliphatic rings. The Morgan fingerprint density at radius 2 is 2.18 bits per heavy atom. The molecule has 0 spiro atoms. The summed E-state index contributed by atoms with van der Waals surface area (Å²) in [6.07, 6.45) is 0.253. The van der Waals surface area contributed by atoms with Crippen LogP contribution in [-0.2, 0) is 0 Å². The van der Waals surface area contributed by atoms with E-state index >= 15 is 0 Å². The van der Waals surface area contributed by atoms with Crippen molar-refractivity contribution >= 4 is 28.3 Å². The van der Waals surface area contributed by atoms with Gasteiger partial charge in [0.15, 0.2) is 11.5 Å². The van der Waals surface area contributed by atoms with E-state index in [9.17, 15) is 9.50 Å². The predicted octanol–water partition coefficient (Wildman–Crippen LogP) is 3.33. The molecule has 0 heterocycles. The van der Waals surface area contributed by atoms with E-state index in [0.29, 0.717) is 16.8 Å². The summed E-state index contributed by atoms with van der Waals surface area (Å²) in [5.41, 5.74) is 6.53. The Bertz CT molecular complexity index is 366. The number of benzene rings is 1. The molecule has 0 aromatic heterocycles. The Balaban J connectivity index is 0.00000256. The van der Waals surface area contributed by atoms with Gasteiger partial charge in [0.05, 0.1) is 17.8 Å². The Labute approximate surface area is 115 Å². The lowest BCUT2D eigenvalue weighted by Crippen LogP contribution is -2.11. The van der Waals surface area contributed by atoms with Gasteiger partial charge in [0, 0.05) is 6.04 Å². The number of rotatable bonds is 5. The number of phenolic OH excluding ortho intramolecular Hbond substituents is 1. The van der Waals surface area contributed by atoms with Crippen LogP contribution in [0.1, 0.15) is 24.9 Å². The summed E-state index contributed by atoms with van der Waals surface area (Å²) in [5.74, 6) is 0.402. The van der Waals surface area contributed by atoms with Crippen LogP contribution < -0.4 is 10.5 Å². The summed E-state index contributed by atoms with van der Waals surface area (Å²) in [4.78, 5) is 0. The summed E-state index contributed by atoms with van der Waals surface area (Å²) in [6.45, 7) is 1.80. The highest BCUT2D eigenvalue weighted by Gasteiger charge is 2.13. The lowest BCUT2D eigenvalue weighted by atomic mass is 10.0. The van der Waals surface area contributed by atoms with E-state index in [1.54, 1.807) is 12.1 Å². The monoisotopic (exact) mass is 327 g/mol. The average molecular weight is 329 g/mol. The van der Waals surface area contributed by atoms with Crippen LogP contribution in [0.15, 0.2) is 16.6 Å². The molecule has 1 aromatic carbocycles. The fourth-order valence-electron chi connectivity index (χ4n) is 1.36. The van der Waals surface area contributed by atoms with Gasteiger partial charge in [-0.2, -0.15) is 0 Å². The van der Waals surface area contributed by atoms with Crippen LogP contribution in [0, 0.1) is 0 Å². The minimum absolute atomic E-state index is 0. The highest BCUT2D eigenvalue weighted by Crippen LogP contribution is 2.37. The van der Waals surface area contributed by atoms with E-state index in [1.807, 2.05) is 6.92 Å². The first kappa shape index (κ1) is 16.5. The minimum atomic E-state index is -0.469. The number of ether oxygens (including phenoxy) is 1. The molecule has 98 valence electrons. The van der Waals surface area contributed by atoms with E-state index in [4.69, 9.17) is 10.5 Å². The third-order valence-corrected chi connectivity index (χ3v) is 2.80. The second-order valence-electron chi connectivity index (χ2n) is 3.37. The molecule has 0 unspecified atom stereocenters. The van der Waals surface area contributed by atoms with Crippen LogP contribution in [0.25, 0.3) is 0 Å². The molecule has 1 atom stereocenters. The Hall–Kier alpha value is -0.520. The first-order valence-electron chi connectivity index (χ1n) is 5.06. The van der Waals surface area contributed by atoms with Crippen LogP contribution >= 0.6 is 28.3 Å². The number of aromatic hydroxyl groups is 1. The van der Waals surface area contributed by atoms with Crippen molar-refractivity contribution in [2.24, 2.45) is 5.73 Å². The van der Waals surface area contributed by atoms with Gasteiger partial charge in [0.2, 0.25) is 0 Å². The van der Waals surface area contributed by atoms with E-state index < -0.39 is 6.67 Å². The molecule has 0 bridgehead atoms. The Kier molecular flexibility index (Phi) is 7.50. The van der Waals surface area contributed by atoms with Crippen LogP contribution in [0.2, 0.25) is 0 Å². The third kappa shape index (κ3) is 4.33. The fourth-order valence-corrected chi connectivity index (χ4v) is 1.82. The number of hydrogen-bond donors (Lipinski definition) is 2. The van der Waals surface area contributed by atoms with Gasteiger partial charge < -0.3 is 15.6 Å². The van der Waals surface area contributed by atoms with Crippen LogP contribution in [0.4, 0.5) is 4.39 Å². The molecule has 0 saturated heterocycles. The third-order valence-electron chi connectivity index (χ3n) is 2.20. The normalized spacial score (nSPS) is 11.8. The maximum absolute atomic E-state index is 12.2. The lowest BCUT2D eigenvalue weighted by Gasteiger charge is -2.14. The summed E-state index contributed by atoms with van der Waals surface area (Å²) < 4.78 is 17.9. The van der Waals surface area contributed by atoms with E-state index in [2.05, 4.69) is 15.9 Å². The summed E-state index contributed by atoms with van der Waals surface area (Å²) in [7, 11) is 0. The van der Waals surface area contributed by atoms with Crippen LogP contribution in [0.5, 0.6) is 11.5 Å². The molecular weight excluding hydrogens is 312 g/mol. The van der Waals surface area contributed by atoms with Gasteiger partial charge >= 0.3 is 0 Å². The molecule has 0 radical (unpaired) electrons. The molecular formula is C11H16BrClFNO2. The Morgan fingerprint density at radius 3 is 2.71 bits per heavy atom. The van der Waals surface area contributed by atoms with Crippen molar-refractivity contribution in [1.82, 2.24) is 0 Å². The van der Waals surface area contributed by atoms with Crippen molar-refractivity contribution in [3.8, 4) is 11.5 Å². The zero-order valence-corrected chi connectivity index (χ0v) is 11.9. The highest BCUT2D eigenvalue weighted by molar-refractivity contribution is 9.10. The van der Waals surface area contributed by atoms with E-state index in [1.165, 1.54) is 0 Å². The number of alkyl halides is 1. The summed E-state index contributed by atoms with van der Waals surface area (Å²) in [5, 5.41) is 9.68.